The lowest BCUT2D eigenvalue weighted by molar-refractivity contribution is 0.599. The Morgan fingerprint density at radius 1 is 1.36 bits per heavy atom. The summed E-state index contributed by atoms with van der Waals surface area (Å²) in [5, 5.41) is 0.857. The predicted molar refractivity (Wildman–Crippen MR) is 60.7 cm³/mol. The minimum atomic E-state index is 0.207. The summed E-state index contributed by atoms with van der Waals surface area (Å²) < 4.78 is 0. The molecule has 2 heteroatoms. The molecule has 0 aromatic heterocycles. The average Bonchev–Trinajstić information content (AvgIpc) is 2.54. The second-order valence-corrected chi connectivity index (χ2v) is 5.26. The molecule has 2 unspecified atom stereocenters. The molecule has 76 valence electrons. The fourth-order valence-electron chi connectivity index (χ4n) is 2.16. The number of hydrogen-bond donors (Lipinski definition) is 1. The van der Waals surface area contributed by atoms with Gasteiger partial charge < -0.3 is 5.73 Å². The van der Waals surface area contributed by atoms with Crippen molar-refractivity contribution >= 4 is 11.6 Å². The summed E-state index contributed by atoms with van der Waals surface area (Å²) in [5.74, 6) is 0.426. The van der Waals surface area contributed by atoms with Crippen LogP contribution in [-0.4, -0.2) is 6.04 Å². The lowest BCUT2D eigenvalue weighted by Gasteiger charge is -2.06. The second kappa shape index (κ2) is 2.98. The van der Waals surface area contributed by atoms with E-state index in [4.69, 9.17) is 17.3 Å². The molecule has 1 nitrogen and oxygen atoms in total. The lowest BCUT2D eigenvalue weighted by atomic mass is 10.0. The molecule has 1 saturated carbocycles. The van der Waals surface area contributed by atoms with Crippen molar-refractivity contribution in [2.45, 2.75) is 32.7 Å². The summed E-state index contributed by atoms with van der Waals surface area (Å²) >= 11 is 6.20. The maximum atomic E-state index is 6.20. The van der Waals surface area contributed by atoms with Gasteiger partial charge in [0.1, 0.15) is 0 Å². The molecule has 0 aliphatic heterocycles. The molecule has 2 atom stereocenters. The Kier molecular flexibility index (Phi) is 2.13. The third kappa shape index (κ3) is 1.35. The Morgan fingerprint density at radius 2 is 1.93 bits per heavy atom. The molecule has 1 aliphatic carbocycles. The van der Waals surface area contributed by atoms with Crippen molar-refractivity contribution < 1.29 is 0 Å². The van der Waals surface area contributed by atoms with Crippen molar-refractivity contribution in [2.24, 2.45) is 11.1 Å². The Hall–Kier alpha value is -0.530. The van der Waals surface area contributed by atoms with Gasteiger partial charge in [0, 0.05) is 17.0 Å². The Bertz CT molecular complexity index is 371. The predicted octanol–water partition coefficient (Wildman–Crippen LogP) is 3.10. The summed E-state index contributed by atoms with van der Waals surface area (Å²) in [6.45, 7) is 6.44. The van der Waals surface area contributed by atoms with Crippen LogP contribution >= 0.6 is 11.6 Å². The van der Waals surface area contributed by atoms with Gasteiger partial charge in [-0.3, -0.25) is 0 Å². The minimum Gasteiger partial charge on any atom is -0.327 e. The van der Waals surface area contributed by atoms with Gasteiger partial charge in [0.2, 0.25) is 0 Å². The smallest absolute Gasteiger partial charge is 0.0444 e. The first-order valence-electron chi connectivity index (χ1n) is 4.96. The van der Waals surface area contributed by atoms with Gasteiger partial charge in [0.15, 0.2) is 0 Å². The first-order chi connectivity index (χ1) is 6.44. The Labute approximate surface area is 90.3 Å². The summed E-state index contributed by atoms with van der Waals surface area (Å²) in [6.07, 6.45) is 0. The van der Waals surface area contributed by atoms with E-state index >= 15 is 0 Å². The molecule has 0 radical (unpaired) electrons. The fourth-order valence-corrected chi connectivity index (χ4v) is 2.51. The normalized spacial score (nSPS) is 28.9. The van der Waals surface area contributed by atoms with Gasteiger partial charge in [-0.25, -0.2) is 0 Å². The topological polar surface area (TPSA) is 26.0 Å². The number of hydrogen-bond acceptors (Lipinski definition) is 1. The highest BCUT2D eigenvalue weighted by Crippen LogP contribution is 2.58. The molecule has 0 saturated heterocycles. The van der Waals surface area contributed by atoms with E-state index in [0.29, 0.717) is 5.92 Å². The first kappa shape index (κ1) is 10.0. The maximum Gasteiger partial charge on any atom is 0.0444 e. The Balaban J connectivity index is 2.36. The van der Waals surface area contributed by atoms with Gasteiger partial charge in [-0.15, -0.1) is 0 Å². The molecule has 1 aliphatic rings. The van der Waals surface area contributed by atoms with Crippen LogP contribution in [0.1, 0.15) is 30.9 Å². The largest absolute Gasteiger partial charge is 0.327 e. The Morgan fingerprint density at radius 3 is 2.36 bits per heavy atom. The summed E-state index contributed by atoms with van der Waals surface area (Å²) in [7, 11) is 0. The fraction of sp³-hybridized carbons (Fsp3) is 0.500. The minimum absolute atomic E-state index is 0.207. The molecule has 2 N–H and O–H groups in total. The van der Waals surface area contributed by atoms with Gasteiger partial charge in [-0.1, -0.05) is 37.6 Å². The van der Waals surface area contributed by atoms with Gasteiger partial charge in [-0.2, -0.15) is 0 Å². The number of rotatable bonds is 1. The van der Waals surface area contributed by atoms with E-state index in [1.165, 1.54) is 11.1 Å². The van der Waals surface area contributed by atoms with E-state index in [1.807, 2.05) is 13.0 Å². The molecule has 2 rings (SSSR count). The van der Waals surface area contributed by atoms with Crippen LogP contribution in [0.25, 0.3) is 0 Å². The van der Waals surface area contributed by atoms with E-state index in [1.54, 1.807) is 0 Å². The van der Waals surface area contributed by atoms with Gasteiger partial charge in [0.05, 0.1) is 0 Å². The number of aryl methyl sites for hydroxylation is 1. The standard InChI is InChI=1S/C12H16ClN/c1-7-4-5-8(9(13)6-7)10-11(14)12(10,2)3/h4-6,10-11H,14H2,1-3H3. The third-order valence-electron chi connectivity index (χ3n) is 3.40. The highest BCUT2D eigenvalue weighted by atomic mass is 35.5. The first-order valence-corrected chi connectivity index (χ1v) is 5.34. The molecular formula is C12H16ClN. The van der Waals surface area contributed by atoms with Crippen molar-refractivity contribution in [1.82, 2.24) is 0 Å². The summed E-state index contributed by atoms with van der Waals surface area (Å²) in [4.78, 5) is 0. The molecule has 0 heterocycles. The van der Waals surface area contributed by atoms with Crippen LogP contribution in [-0.2, 0) is 0 Å². The SMILES string of the molecule is Cc1ccc(C2C(N)C2(C)C)c(Cl)c1. The van der Waals surface area contributed by atoms with E-state index in [9.17, 15) is 0 Å². The van der Waals surface area contributed by atoms with Crippen LogP contribution in [0.3, 0.4) is 0 Å². The highest BCUT2D eigenvalue weighted by Gasteiger charge is 2.56. The molecular weight excluding hydrogens is 194 g/mol. The van der Waals surface area contributed by atoms with Gasteiger partial charge >= 0.3 is 0 Å². The monoisotopic (exact) mass is 209 g/mol. The van der Waals surface area contributed by atoms with Gasteiger partial charge in [0.25, 0.3) is 0 Å². The van der Waals surface area contributed by atoms with E-state index in [-0.39, 0.29) is 11.5 Å². The van der Waals surface area contributed by atoms with Crippen LogP contribution in [0.4, 0.5) is 0 Å². The van der Waals surface area contributed by atoms with Crippen LogP contribution in [0, 0.1) is 12.3 Å². The third-order valence-corrected chi connectivity index (χ3v) is 3.73. The highest BCUT2D eigenvalue weighted by molar-refractivity contribution is 6.31. The zero-order valence-electron chi connectivity index (χ0n) is 8.84. The number of nitrogens with two attached hydrogens (primary N) is 1. The number of benzene rings is 1. The van der Waals surface area contributed by atoms with Crippen molar-refractivity contribution in [2.75, 3.05) is 0 Å². The zero-order valence-corrected chi connectivity index (χ0v) is 9.60. The van der Waals surface area contributed by atoms with E-state index < -0.39 is 0 Å². The quantitative estimate of drug-likeness (QED) is 0.756. The van der Waals surface area contributed by atoms with E-state index in [2.05, 4.69) is 26.0 Å². The van der Waals surface area contributed by atoms with Crippen LogP contribution < -0.4 is 5.73 Å². The average molecular weight is 210 g/mol. The van der Waals surface area contributed by atoms with E-state index in [0.717, 1.165) is 5.02 Å². The molecule has 1 aromatic carbocycles. The maximum absolute atomic E-state index is 6.20. The van der Waals surface area contributed by atoms with Crippen LogP contribution in [0.15, 0.2) is 18.2 Å². The molecule has 0 spiro atoms. The van der Waals surface area contributed by atoms with Gasteiger partial charge in [-0.05, 0) is 29.5 Å². The van der Waals surface area contributed by atoms with Crippen molar-refractivity contribution in [3.63, 3.8) is 0 Å². The van der Waals surface area contributed by atoms with Crippen molar-refractivity contribution in [3.8, 4) is 0 Å². The molecule has 0 amide bonds. The van der Waals surface area contributed by atoms with Crippen LogP contribution in [0.2, 0.25) is 5.02 Å². The lowest BCUT2D eigenvalue weighted by Crippen LogP contribution is -2.06. The zero-order chi connectivity index (χ0) is 10.5. The summed E-state index contributed by atoms with van der Waals surface area (Å²) in [6, 6.07) is 6.47. The van der Waals surface area contributed by atoms with Crippen molar-refractivity contribution in [3.05, 3.63) is 34.3 Å². The van der Waals surface area contributed by atoms with Crippen molar-refractivity contribution in [1.29, 1.82) is 0 Å². The molecule has 1 fully saturated rings. The second-order valence-electron chi connectivity index (χ2n) is 4.85. The summed E-state index contributed by atoms with van der Waals surface area (Å²) in [5.41, 5.74) is 8.64. The number of halogens is 1. The molecule has 14 heavy (non-hydrogen) atoms. The molecule has 1 aromatic rings. The molecule has 0 bridgehead atoms. The van der Waals surface area contributed by atoms with Crippen LogP contribution in [0.5, 0.6) is 0 Å².